The highest BCUT2D eigenvalue weighted by Crippen LogP contribution is 2.41. The van der Waals surface area contributed by atoms with E-state index in [2.05, 4.69) is 0 Å². The molecular weight excluding hydrogens is 223 g/mol. The SMILES string of the molecule is COc1cc(F)c(C(O)C2CCC2)cc1OC. The van der Waals surface area contributed by atoms with Gasteiger partial charge < -0.3 is 14.6 Å². The lowest BCUT2D eigenvalue weighted by molar-refractivity contribution is 0.0589. The first-order chi connectivity index (χ1) is 8.17. The first kappa shape index (κ1) is 12.2. The number of methoxy groups -OCH3 is 2. The number of halogens is 1. The standard InChI is InChI=1S/C13H17FO3/c1-16-11-6-9(10(14)7-12(11)17-2)13(15)8-4-3-5-8/h6-8,13,15H,3-5H2,1-2H3. The highest BCUT2D eigenvalue weighted by atomic mass is 19.1. The third kappa shape index (κ3) is 2.22. The molecule has 0 bridgehead atoms. The van der Waals surface area contributed by atoms with E-state index in [1.807, 2.05) is 0 Å². The predicted octanol–water partition coefficient (Wildman–Crippen LogP) is 2.68. The molecule has 0 amide bonds. The minimum absolute atomic E-state index is 0.169. The van der Waals surface area contributed by atoms with Gasteiger partial charge in [-0.3, -0.25) is 0 Å². The predicted molar refractivity (Wildman–Crippen MR) is 61.8 cm³/mol. The normalized spacial score (nSPS) is 17.4. The van der Waals surface area contributed by atoms with E-state index >= 15 is 0 Å². The van der Waals surface area contributed by atoms with Gasteiger partial charge in [0.15, 0.2) is 11.5 Å². The van der Waals surface area contributed by atoms with Crippen molar-refractivity contribution < 1.29 is 19.0 Å². The molecule has 94 valence electrons. The van der Waals surface area contributed by atoms with Crippen molar-refractivity contribution in [2.24, 2.45) is 5.92 Å². The van der Waals surface area contributed by atoms with Crippen LogP contribution in [0.3, 0.4) is 0 Å². The molecule has 1 atom stereocenters. The molecule has 0 aromatic heterocycles. The summed E-state index contributed by atoms with van der Waals surface area (Å²) in [6.07, 6.45) is 2.27. The van der Waals surface area contributed by atoms with Crippen molar-refractivity contribution in [1.82, 2.24) is 0 Å². The van der Waals surface area contributed by atoms with Crippen molar-refractivity contribution >= 4 is 0 Å². The summed E-state index contributed by atoms with van der Waals surface area (Å²) in [5, 5.41) is 10.1. The highest BCUT2D eigenvalue weighted by Gasteiger charge is 2.29. The summed E-state index contributed by atoms with van der Waals surface area (Å²) < 4.78 is 23.9. The molecule has 1 aliphatic carbocycles. The fourth-order valence-corrected chi connectivity index (χ4v) is 2.11. The van der Waals surface area contributed by atoms with Crippen molar-refractivity contribution in [2.45, 2.75) is 25.4 Å². The van der Waals surface area contributed by atoms with Gasteiger partial charge in [-0.25, -0.2) is 4.39 Å². The maximum absolute atomic E-state index is 13.8. The van der Waals surface area contributed by atoms with Crippen LogP contribution in [0.4, 0.5) is 4.39 Å². The molecule has 17 heavy (non-hydrogen) atoms. The van der Waals surface area contributed by atoms with Crippen molar-refractivity contribution in [1.29, 1.82) is 0 Å². The van der Waals surface area contributed by atoms with Crippen LogP contribution in [-0.2, 0) is 0 Å². The number of aliphatic hydroxyl groups excluding tert-OH is 1. The van der Waals surface area contributed by atoms with Crippen LogP contribution < -0.4 is 9.47 Å². The number of benzene rings is 1. The molecule has 0 saturated heterocycles. The van der Waals surface area contributed by atoms with Gasteiger partial charge in [0.25, 0.3) is 0 Å². The largest absolute Gasteiger partial charge is 0.493 e. The quantitative estimate of drug-likeness (QED) is 0.879. The Hall–Kier alpha value is -1.29. The van der Waals surface area contributed by atoms with Gasteiger partial charge in [0.2, 0.25) is 0 Å². The van der Waals surface area contributed by atoms with Crippen LogP contribution in [0.2, 0.25) is 0 Å². The van der Waals surface area contributed by atoms with E-state index in [1.165, 1.54) is 26.4 Å². The Morgan fingerprint density at radius 2 is 1.82 bits per heavy atom. The molecule has 2 rings (SSSR count). The van der Waals surface area contributed by atoms with Gasteiger partial charge in [-0.05, 0) is 24.8 Å². The Kier molecular flexibility index (Phi) is 3.52. The molecule has 1 fully saturated rings. The fourth-order valence-electron chi connectivity index (χ4n) is 2.11. The van der Waals surface area contributed by atoms with Crippen molar-refractivity contribution in [3.8, 4) is 11.5 Å². The Labute approximate surface area is 100 Å². The molecule has 4 heteroatoms. The molecule has 1 saturated carbocycles. The van der Waals surface area contributed by atoms with E-state index in [1.54, 1.807) is 0 Å². The smallest absolute Gasteiger partial charge is 0.163 e. The van der Waals surface area contributed by atoms with Crippen LogP contribution in [0.25, 0.3) is 0 Å². The van der Waals surface area contributed by atoms with Gasteiger partial charge in [0.1, 0.15) is 5.82 Å². The van der Waals surface area contributed by atoms with E-state index in [4.69, 9.17) is 9.47 Å². The highest BCUT2D eigenvalue weighted by molar-refractivity contribution is 5.44. The summed E-state index contributed by atoms with van der Waals surface area (Å²) in [7, 11) is 2.95. The van der Waals surface area contributed by atoms with E-state index in [0.717, 1.165) is 19.3 Å². The van der Waals surface area contributed by atoms with E-state index in [0.29, 0.717) is 17.1 Å². The Morgan fingerprint density at radius 1 is 1.24 bits per heavy atom. The molecule has 1 unspecified atom stereocenters. The molecular formula is C13H17FO3. The molecule has 1 aliphatic rings. The summed E-state index contributed by atoms with van der Waals surface area (Å²) in [4.78, 5) is 0. The van der Waals surface area contributed by atoms with Crippen LogP contribution in [0.1, 0.15) is 30.9 Å². The molecule has 0 heterocycles. The van der Waals surface area contributed by atoms with Gasteiger partial charge in [0.05, 0.1) is 20.3 Å². The third-order valence-corrected chi connectivity index (χ3v) is 3.42. The topological polar surface area (TPSA) is 38.7 Å². The number of hydrogen-bond donors (Lipinski definition) is 1. The van der Waals surface area contributed by atoms with Crippen LogP contribution in [0.15, 0.2) is 12.1 Å². The van der Waals surface area contributed by atoms with Crippen molar-refractivity contribution in [3.63, 3.8) is 0 Å². The molecule has 3 nitrogen and oxygen atoms in total. The summed E-state index contributed by atoms with van der Waals surface area (Å²) >= 11 is 0. The molecule has 0 aliphatic heterocycles. The van der Waals surface area contributed by atoms with Crippen molar-refractivity contribution in [3.05, 3.63) is 23.5 Å². The Bertz CT molecular complexity index is 402. The van der Waals surface area contributed by atoms with Crippen LogP contribution in [0.5, 0.6) is 11.5 Å². The fraction of sp³-hybridized carbons (Fsp3) is 0.538. The number of ether oxygens (including phenoxy) is 2. The van der Waals surface area contributed by atoms with Gasteiger partial charge in [-0.1, -0.05) is 6.42 Å². The van der Waals surface area contributed by atoms with Crippen molar-refractivity contribution in [2.75, 3.05) is 14.2 Å². The van der Waals surface area contributed by atoms with Crippen LogP contribution in [0, 0.1) is 11.7 Å². The van der Waals surface area contributed by atoms with E-state index < -0.39 is 11.9 Å². The van der Waals surface area contributed by atoms with Crippen LogP contribution in [-0.4, -0.2) is 19.3 Å². The monoisotopic (exact) mass is 240 g/mol. The van der Waals surface area contributed by atoms with Gasteiger partial charge in [-0.15, -0.1) is 0 Å². The van der Waals surface area contributed by atoms with E-state index in [-0.39, 0.29) is 5.92 Å². The lowest BCUT2D eigenvalue weighted by atomic mass is 9.78. The summed E-state index contributed by atoms with van der Waals surface area (Å²) in [6.45, 7) is 0. The zero-order valence-corrected chi connectivity index (χ0v) is 10.1. The third-order valence-electron chi connectivity index (χ3n) is 3.42. The lowest BCUT2D eigenvalue weighted by Gasteiger charge is -2.30. The maximum atomic E-state index is 13.8. The molecule has 1 aromatic rings. The average Bonchev–Trinajstić information content (AvgIpc) is 2.26. The first-order valence-electron chi connectivity index (χ1n) is 5.77. The molecule has 0 spiro atoms. The molecule has 0 radical (unpaired) electrons. The van der Waals surface area contributed by atoms with Gasteiger partial charge >= 0.3 is 0 Å². The summed E-state index contributed by atoms with van der Waals surface area (Å²) in [5.74, 6) is 0.515. The second-order valence-electron chi connectivity index (χ2n) is 4.36. The van der Waals surface area contributed by atoms with Gasteiger partial charge in [-0.2, -0.15) is 0 Å². The molecule has 1 N–H and O–H groups in total. The zero-order chi connectivity index (χ0) is 12.4. The first-order valence-corrected chi connectivity index (χ1v) is 5.77. The maximum Gasteiger partial charge on any atom is 0.163 e. The summed E-state index contributed by atoms with van der Waals surface area (Å²) in [6, 6.07) is 2.78. The molecule has 1 aromatic carbocycles. The van der Waals surface area contributed by atoms with Gasteiger partial charge in [0, 0.05) is 11.6 Å². The zero-order valence-electron chi connectivity index (χ0n) is 10.1. The number of hydrogen-bond acceptors (Lipinski definition) is 3. The average molecular weight is 240 g/mol. The Morgan fingerprint density at radius 3 is 2.29 bits per heavy atom. The van der Waals surface area contributed by atoms with Crippen LogP contribution >= 0.6 is 0 Å². The minimum atomic E-state index is -0.747. The number of aliphatic hydroxyl groups is 1. The second-order valence-corrected chi connectivity index (χ2v) is 4.36. The minimum Gasteiger partial charge on any atom is -0.493 e. The lowest BCUT2D eigenvalue weighted by Crippen LogP contribution is -2.21. The van der Waals surface area contributed by atoms with E-state index in [9.17, 15) is 9.50 Å². The number of rotatable bonds is 4. The summed E-state index contributed by atoms with van der Waals surface area (Å²) in [5.41, 5.74) is 0.298. The second kappa shape index (κ2) is 4.92. The Balaban J connectivity index is 2.32.